The van der Waals surface area contributed by atoms with Crippen LogP contribution in [0, 0.1) is 10.1 Å². The van der Waals surface area contributed by atoms with E-state index in [0.29, 0.717) is 17.0 Å². The fourth-order valence-electron chi connectivity index (χ4n) is 1.52. The lowest BCUT2D eigenvalue weighted by molar-refractivity contribution is -0.384. The van der Waals surface area contributed by atoms with Gasteiger partial charge in [-0.2, -0.15) is 0 Å². The Kier molecular flexibility index (Phi) is 4.04. The zero-order valence-electron chi connectivity index (χ0n) is 10.0. The lowest BCUT2D eigenvalue weighted by Gasteiger charge is -2.06. The Morgan fingerprint density at radius 3 is 2.79 bits per heavy atom. The molecule has 0 bridgehead atoms. The summed E-state index contributed by atoms with van der Waals surface area (Å²) in [6.45, 7) is 0.104. The lowest BCUT2D eigenvalue weighted by Crippen LogP contribution is -1.98. The van der Waals surface area contributed by atoms with Gasteiger partial charge in [0.25, 0.3) is 5.69 Å². The van der Waals surface area contributed by atoms with Crippen LogP contribution in [0.25, 0.3) is 0 Å². The number of aromatic nitrogens is 1. The summed E-state index contributed by atoms with van der Waals surface area (Å²) in [5.41, 5.74) is 1.30. The molecule has 1 heterocycles. The molecule has 0 aliphatic rings. The molecule has 0 spiro atoms. The van der Waals surface area contributed by atoms with Crippen molar-refractivity contribution in [2.75, 3.05) is 0 Å². The molecule has 0 radical (unpaired) electrons. The van der Waals surface area contributed by atoms with Crippen molar-refractivity contribution in [2.45, 2.75) is 13.2 Å². The number of hydrogen-bond donors (Lipinski definition) is 1. The number of nitrogens with zero attached hydrogens (tertiary/aromatic N) is 2. The summed E-state index contributed by atoms with van der Waals surface area (Å²) < 4.78 is 5.46. The highest BCUT2D eigenvalue weighted by molar-refractivity contribution is 5.34. The van der Waals surface area contributed by atoms with E-state index >= 15 is 0 Å². The van der Waals surface area contributed by atoms with Gasteiger partial charge in [0.05, 0.1) is 23.4 Å². The molecule has 0 saturated carbocycles. The number of hydrogen-bond acceptors (Lipinski definition) is 5. The van der Waals surface area contributed by atoms with Crippen LogP contribution in [0.4, 0.5) is 5.69 Å². The van der Waals surface area contributed by atoms with Crippen LogP contribution in [0.3, 0.4) is 0 Å². The molecule has 6 nitrogen and oxygen atoms in total. The van der Waals surface area contributed by atoms with Crippen LogP contribution in [-0.4, -0.2) is 15.0 Å². The van der Waals surface area contributed by atoms with Crippen LogP contribution in [-0.2, 0) is 13.2 Å². The highest BCUT2D eigenvalue weighted by atomic mass is 16.6. The SMILES string of the molecule is O=[N+]([O-])c1cccc(COc2ccc(CO)nc2)c1. The molecule has 2 aromatic rings. The molecule has 98 valence electrons. The third-order valence-electron chi connectivity index (χ3n) is 2.49. The molecule has 1 aromatic carbocycles. The van der Waals surface area contributed by atoms with Crippen molar-refractivity contribution in [2.24, 2.45) is 0 Å². The van der Waals surface area contributed by atoms with E-state index in [1.807, 2.05) is 0 Å². The molecule has 2 rings (SSSR count). The molecule has 0 amide bonds. The molecule has 0 aliphatic carbocycles. The van der Waals surface area contributed by atoms with Crippen LogP contribution in [0.2, 0.25) is 0 Å². The Morgan fingerprint density at radius 1 is 1.32 bits per heavy atom. The predicted molar refractivity (Wildman–Crippen MR) is 67.6 cm³/mol. The minimum Gasteiger partial charge on any atom is -0.487 e. The van der Waals surface area contributed by atoms with Crippen LogP contribution in [0.15, 0.2) is 42.6 Å². The molecule has 0 saturated heterocycles. The number of nitro groups is 1. The highest BCUT2D eigenvalue weighted by Crippen LogP contribution is 2.16. The van der Waals surface area contributed by atoms with Crippen molar-refractivity contribution < 1.29 is 14.8 Å². The van der Waals surface area contributed by atoms with Gasteiger partial charge in [-0.05, 0) is 17.7 Å². The second-order valence-corrected chi connectivity index (χ2v) is 3.86. The number of aliphatic hydroxyl groups excluding tert-OH is 1. The normalized spacial score (nSPS) is 10.2. The van der Waals surface area contributed by atoms with E-state index in [-0.39, 0.29) is 18.9 Å². The first-order valence-corrected chi connectivity index (χ1v) is 5.61. The minimum atomic E-state index is -0.443. The van der Waals surface area contributed by atoms with E-state index in [9.17, 15) is 10.1 Å². The molecular formula is C13H12N2O4. The summed E-state index contributed by atoms with van der Waals surface area (Å²) in [6.07, 6.45) is 1.50. The Bertz CT molecular complexity index is 569. The molecular weight excluding hydrogens is 248 g/mol. The van der Waals surface area contributed by atoms with Gasteiger partial charge in [0.1, 0.15) is 12.4 Å². The van der Waals surface area contributed by atoms with Gasteiger partial charge in [-0.3, -0.25) is 15.1 Å². The highest BCUT2D eigenvalue weighted by Gasteiger charge is 2.06. The standard InChI is InChI=1S/C13H12N2O4/c16-8-11-4-5-13(7-14-11)19-9-10-2-1-3-12(6-10)15(17)18/h1-7,16H,8-9H2. The summed E-state index contributed by atoms with van der Waals surface area (Å²) in [5, 5.41) is 19.5. The van der Waals surface area contributed by atoms with Crippen LogP contribution < -0.4 is 4.74 Å². The van der Waals surface area contributed by atoms with Crippen LogP contribution >= 0.6 is 0 Å². The molecule has 0 atom stereocenters. The number of rotatable bonds is 5. The Labute approximate surface area is 109 Å². The zero-order chi connectivity index (χ0) is 13.7. The number of pyridine rings is 1. The molecule has 1 aromatic heterocycles. The lowest BCUT2D eigenvalue weighted by atomic mass is 10.2. The maximum atomic E-state index is 10.6. The molecule has 0 unspecified atom stereocenters. The summed E-state index contributed by atoms with van der Waals surface area (Å²) in [5.74, 6) is 0.545. The fourth-order valence-corrected chi connectivity index (χ4v) is 1.52. The maximum Gasteiger partial charge on any atom is 0.269 e. The number of benzene rings is 1. The Balaban J connectivity index is 2.01. The molecule has 0 aliphatic heterocycles. The van der Waals surface area contributed by atoms with E-state index < -0.39 is 4.92 Å². The smallest absolute Gasteiger partial charge is 0.269 e. The first kappa shape index (κ1) is 13.0. The van der Waals surface area contributed by atoms with E-state index in [1.165, 1.54) is 18.3 Å². The van der Waals surface area contributed by atoms with E-state index in [2.05, 4.69) is 4.98 Å². The minimum absolute atomic E-state index is 0.0369. The third-order valence-corrected chi connectivity index (χ3v) is 2.49. The van der Waals surface area contributed by atoms with Crippen molar-refractivity contribution in [3.05, 3.63) is 64.0 Å². The summed E-state index contributed by atoms with van der Waals surface area (Å²) >= 11 is 0. The first-order chi connectivity index (χ1) is 9.19. The topological polar surface area (TPSA) is 85.5 Å². The molecule has 0 fully saturated rings. The average molecular weight is 260 g/mol. The molecule has 19 heavy (non-hydrogen) atoms. The van der Waals surface area contributed by atoms with E-state index in [4.69, 9.17) is 9.84 Å². The monoisotopic (exact) mass is 260 g/mol. The number of ether oxygens (including phenoxy) is 1. The third kappa shape index (κ3) is 3.49. The number of nitro benzene ring substituents is 1. The van der Waals surface area contributed by atoms with Gasteiger partial charge < -0.3 is 9.84 Å². The van der Waals surface area contributed by atoms with E-state index in [1.54, 1.807) is 24.3 Å². The van der Waals surface area contributed by atoms with Gasteiger partial charge in [-0.25, -0.2) is 0 Å². The van der Waals surface area contributed by atoms with Gasteiger partial charge in [-0.15, -0.1) is 0 Å². The van der Waals surface area contributed by atoms with Crippen molar-refractivity contribution in [3.8, 4) is 5.75 Å². The van der Waals surface area contributed by atoms with Gasteiger partial charge in [-0.1, -0.05) is 12.1 Å². The fraction of sp³-hybridized carbons (Fsp3) is 0.154. The Hall–Kier alpha value is -2.47. The van der Waals surface area contributed by atoms with Crippen molar-refractivity contribution in [3.63, 3.8) is 0 Å². The average Bonchev–Trinajstić information content (AvgIpc) is 2.46. The van der Waals surface area contributed by atoms with Crippen molar-refractivity contribution in [1.82, 2.24) is 4.98 Å². The van der Waals surface area contributed by atoms with Crippen LogP contribution in [0.1, 0.15) is 11.3 Å². The van der Waals surface area contributed by atoms with Crippen LogP contribution in [0.5, 0.6) is 5.75 Å². The van der Waals surface area contributed by atoms with Crippen molar-refractivity contribution >= 4 is 5.69 Å². The molecule has 1 N–H and O–H groups in total. The van der Waals surface area contributed by atoms with E-state index in [0.717, 1.165) is 0 Å². The largest absolute Gasteiger partial charge is 0.487 e. The quantitative estimate of drug-likeness (QED) is 0.657. The number of aliphatic hydroxyl groups is 1. The molecule has 6 heteroatoms. The predicted octanol–water partition coefficient (Wildman–Crippen LogP) is 2.06. The van der Waals surface area contributed by atoms with Gasteiger partial charge >= 0.3 is 0 Å². The Morgan fingerprint density at radius 2 is 2.16 bits per heavy atom. The maximum absolute atomic E-state index is 10.6. The van der Waals surface area contributed by atoms with Crippen molar-refractivity contribution in [1.29, 1.82) is 0 Å². The summed E-state index contributed by atoms with van der Waals surface area (Å²) in [4.78, 5) is 14.2. The summed E-state index contributed by atoms with van der Waals surface area (Å²) in [7, 11) is 0. The second kappa shape index (κ2) is 5.92. The second-order valence-electron chi connectivity index (χ2n) is 3.86. The number of non-ortho nitro benzene ring substituents is 1. The summed E-state index contributed by atoms with van der Waals surface area (Å²) in [6, 6.07) is 9.61. The van der Waals surface area contributed by atoms with Gasteiger partial charge in [0.2, 0.25) is 0 Å². The van der Waals surface area contributed by atoms with Gasteiger partial charge in [0, 0.05) is 12.1 Å². The first-order valence-electron chi connectivity index (χ1n) is 5.61. The zero-order valence-corrected chi connectivity index (χ0v) is 10.0. The van der Waals surface area contributed by atoms with Gasteiger partial charge in [0.15, 0.2) is 0 Å².